The van der Waals surface area contributed by atoms with Crippen LogP contribution in [-0.2, 0) is 0 Å². The number of carbonyl (C=O) groups is 2. The molecule has 130 valence electrons. The summed E-state index contributed by atoms with van der Waals surface area (Å²) >= 11 is 0. The van der Waals surface area contributed by atoms with E-state index in [9.17, 15) is 9.59 Å². The third-order valence-corrected chi connectivity index (χ3v) is 3.38. The topological polar surface area (TPSA) is 97.4 Å². The van der Waals surface area contributed by atoms with Crippen LogP contribution in [0.15, 0.2) is 41.0 Å². The van der Waals surface area contributed by atoms with Gasteiger partial charge in [0.15, 0.2) is 5.76 Å². The Morgan fingerprint density at radius 3 is 2.62 bits per heavy atom. The van der Waals surface area contributed by atoms with Crippen molar-refractivity contribution in [3.05, 3.63) is 53.5 Å². The van der Waals surface area contributed by atoms with E-state index in [2.05, 4.69) is 10.6 Å². The molecule has 0 saturated carbocycles. The minimum atomic E-state index is -0.354. The molecule has 6 nitrogen and oxygen atoms in total. The van der Waals surface area contributed by atoms with Crippen molar-refractivity contribution in [3.63, 3.8) is 0 Å². The molecule has 1 aromatic carbocycles. The molecular weight excluding hydrogens is 330 g/mol. The number of hydrogen-bond donors (Lipinski definition) is 3. The lowest BCUT2D eigenvalue weighted by atomic mass is 10.1. The fourth-order valence-corrected chi connectivity index (χ4v) is 2.01. The summed E-state index contributed by atoms with van der Waals surface area (Å²) in [6.07, 6.45) is 2.14. The lowest BCUT2D eigenvalue weighted by molar-refractivity contribution is 0.0950. The molecule has 0 spiro atoms. The number of nitrogens with two attached hydrogens (primary N) is 1. The Balaban J connectivity index is 0.00000288. The van der Waals surface area contributed by atoms with Crippen molar-refractivity contribution in [1.82, 2.24) is 5.32 Å². The summed E-state index contributed by atoms with van der Waals surface area (Å²) < 4.78 is 5.06. The first kappa shape index (κ1) is 19.7. The van der Waals surface area contributed by atoms with Crippen LogP contribution in [0, 0.1) is 6.92 Å². The first-order chi connectivity index (χ1) is 11.0. The maximum absolute atomic E-state index is 12.1. The van der Waals surface area contributed by atoms with Gasteiger partial charge in [0.25, 0.3) is 11.8 Å². The van der Waals surface area contributed by atoms with Crippen LogP contribution in [0.4, 0.5) is 5.69 Å². The van der Waals surface area contributed by atoms with Crippen molar-refractivity contribution < 1.29 is 14.0 Å². The lowest BCUT2D eigenvalue weighted by Crippen LogP contribution is -2.29. The second-order valence-electron chi connectivity index (χ2n) is 5.48. The number of hydrogen-bond acceptors (Lipinski definition) is 4. The van der Waals surface area contributed by atoms with Crippen molar-refractivity contribution in [2.24, 2.45) is 5.73 Å². The van der Waals surface area contributed by atoms with Crippen LogP contribution in [0.3, 0.4) is 0 Å². The molecule has 0 bridgehead atoms. The molecule has 0 aliphatic carbocycles. The average molecular weight is 352 g/mol. The summed E-state index contributed by atoms with van der Waals surface area (Å²) in [6, 6.07) is 8.42. The van der Waals surface area contributed by atoms with Crippen LogP contribution in [0.1, 0.15) is 39.8 Å². The summed E-state index contributed by atoms with van der Waals surface area (Å²) in [5, 5.41) is 5.56. The number of aryl methyl sites for hydroxylation is 1. The zero-order valence-electron chi connectivity index (χ0n) is 13.7. The largest absolute Gasteiger partial charge is 0.459 e. The molecule has 4 N–H and O–H groups in total. The van der Waals surface area contributed by atoms with Crippen molar-refractivity contribution >= 4 is 29.9 Å². The second-order valence-corrected chi connectivity index (χ2v) is 5.48. The van der Waals surface area contributed by atoms with E-state index < -0.39 is 0 Å². The van der Waals surface area contributed by atoms with E-state index in [4.69, 9.17) is 10.2 Å². The molecular formula is C17H22ClN3O3. The van der Waals surface area contributed by atoms with Crippen LogP contribution in [0.5, 0.6) is 0 Å². The van der Waals surface area contributed by atoms with Gasteiger partial charge >= 0.3 is 0 Å². The predicted molar refractivity (Wildman–Crippen MR) is 95.7 cm³/mol. The first-order valence-electron chi connectivity index (χ1n) is 7.46. The number of amides is 2. The van der Waals surface area contributed by atoms with Crippen molar-refractivity contribution in [3.8, 4) is 0 Å². The van der Waals surface area contributed by atoms with E-state index in [1.807, 2.05) is 13.8 Å². The van der Waals surface area contributed by atoms with E-state index in [1.165, 1.54) is 6.26 Å². The van der Waals surface area contributed by atoms with Gasteiger partial charge in [-0.2, -0.15) is 0 Å². The van der Waals surface area contributed by atoms with Crippen LogP contribution >= 0.6 is 12.4 Å². The SMILES string of the molecule is Cc1ccc(C(=O)NCCC(C)N)cc1NC(=O)c1ccco1.Cl. The van der Waals surface area contributed by atoms with Crippen LogP contribution < -0.4 is 16.4 Å². The predicted octanol–water partition coefficient (Wildman–Crippen LogP) is 2.73. The highest BCUT2D eigenvalue weighted by Crippen LogP contribution is 2.18. The van der Waals surface area contributed by atoms with Gasteiger partial charge in [0.05, 0.1) is 6.26 Å². The Kier molecular flexibility index (Phi) is 7.48. The number of furan rings is 1. The summed E-state index contributed by atoms with van der Waals surface area (Å²) in [7, 11) is 0. The van der Waals surface area contributed by atoms with Gasteiger partial charge in [-0.05, 0) is 50.1 Å². The number of rotatable bonds is 6. The summed E-state index contributed by atoms with van der Waals surface area (Å²) in [5.74, 6) is -0.331. The molecule has 1 unspecified atom stereocenters. The van der Waals surface area contributed by atoms with Gasteiger partial charge in [0.1, 0.15) is 0 Å². The molecule has 2 amide bonds. The molecule has 0 radical (unpaired) electrons. The normalized spacial score (nSPS) is 11.3. The van der Waals surface area contributed by atoms with Crippen LogP contribution in [-0.4, -0.2) is 24.4 Å². The summed E-state index contributed by atoms with van der Waals surface area (Å²) in [6.45, 7) is 4.26. The summed E-state index contributed by atoms with van der Waals surface area (Å²) in [5.41, 5.74) is 7.57. The van der Waals surface area contributed by atoms with Gasteiger partial charge in [0, 0.05) is 23.8 Å². The van der Waals surface area contributed by atoms with Gasteiger partial charge < -0.3 is 20.8 Å². The molecule has 24 heavy (non-hydrogen) atoms. The van der Waals surface area contributed by atoms with Gasteiger partial charge in [-0.1, -0.05) is 6.07 Å². The molecule has 2 rings (SSSR count). The minimum absolute atomic E-state index is 0. The maximum Gasteiger partial charge on any atom is 0.291 e. The van der Waals surface area contributed by atoms with Gasteiger partial charge in [-0.3, -0.25) is 9.59 Å². The molecule has 1 aromatic heterocycles. The van der Waals surface area contributed by atoms with E-state index in [0.717, 1.165) is 5.56 Å². The molecule has 2 aromatic rings. The standard InChI is InChI=1S/C17H21N3O3.ClH/c1-11-5-6-13(16(21)19-8-7-12(2)18)10-14(11)20-17(22)15-4-3-9-23-15;/h3-6,9-10,12H,7-8,18H2,1-2H3,(H,19,21)(H,20,22);1H. The van der Waals surface area contributed by atoms with Gasteiger partial charge in [0.2, 0.25) is 0 Å². The molecule has 1 heterocycles. The van der Waals surface area contributed by atoms with Crippen LogP contribution in [0.25, 0.3) is 0 Å². The lowest BCUT2D eigenvalue weighted by Gasteiger charge is -2.11. The number of carbonyl (C=O) groups excluding carboxylic acids is 2. The minimum Gasteiger partial charge on any atom is -0.459 e. The van der Waals surface area contributed by atoms with Gasteiger partial charge in [-0.25, -0.2) is 0 Å². The highest BCUT2D eigenvalue weighted by Gasteiger charge is 2.13. The van der Waals surface area contributed by atoms with E-state index >= 15 is 0 Å². The van der Waals surface area contributed by atoms with Crippen molar-refractivity contribution in [1.29, 1.82) is 0 Å². The van der Waals surface area contributed by atoms with Crippen molar-refractivity contribution in [2.45, 2.75) is 26.3 Å². The Hall–Kier alpha value is -2.31. The maximum atomic E-state index is 12.1. The van der Waals surface area contributed by atoms with Crippen LogP contribution in [0.2, 0.25) is 0 Å². The molecule has 7 heteroatoms. The molecule has 0 aliphatic rings. The van der Waals surface area contributed by atoms with Crippen molar-refractivity contribution in [2.75, 3.05) is 11.9 Å². The molecule has 1 atom stereocenters. The Labute approximate surface area is 147 Å². The monoisotopic (exact) mass is 351 g/mol. The number of nitrogens with one attached hydrogen (secondary N) is 2. The zero-order chi connectivity index (χ0) is 16.8. The highest BCUT2D eigenvalue weighted by molar-refractivity contribution is 6.03. The fourth-order valence-electron chi connectivity index (χ4n) is 2.01. The van der Waals surface area contributed by atoms with E-state index in [0.29, 0.717) is 24.2 Å². The number of benzene rings is 1. The Morgan fingerprint density at radius 2 is 2.00 bits per heavy atom. The Morgan fingerprint density at radius 1 is 1.25 bits per heavy atom. The van der Waals surface area contributed by atoms with E-state index in [-0.39, 0.29) is 36.0 Å². The smallest absolute Gasteiger partial charge is 0.291 e. The third-order valence-electron chi connectivity index (χ3n) is 3.38. The quantitative estimate of drug-likeness (QED) is 0.745. The highest BCUT2D eigenvalue weighted by atomic mass is 35.5. The van der Waals surface area contributed by atoms with E-state index in [1.54, 1.807) is 30.3 Å². The molecule has 0 fully saturated rings. The molecule has 0 aliphatic heterocycles. The fraction of sp³-hybridized carbons (Fsp3) is 0.294. The second kappa shape index (κ2) is 9.10. The molecule has 0 saturated heterocycles. The number of anilines is 1. The van der Waals surface area contributed by atoms with Gasteiger partial charge in [-0.15, -0.1) is 12.4 Å². The first-order valence-corrected chi connectivity index (χ1v) is 7.46. The number of halogens is 1. The zero-order valence-corrected chi connectivity index (χ0v) is 14.5. The average Bonchev–Trinajstić information content (AvgIpc) is 3.03. The third kappa shape index (κ3) is 5.40. The Bertz CT molecular complexity index is 684. The summed E-state index contributed by atoms with van der Waals surface area (Å²) in [4.78, 5) is 24.2.